The Kier molecular flexibility index (Phi) is 100. The van der Waals surface area contributed by atoms with E-state index in [0.717, 1.165) is 28.4 Å². The van der Waals surface area contributed by atoms with E-state index < -0.39 is 49.9 Å². The molecule has 0 spiro atoms. The SMILES string of the molecule is CC(C)(C)P(=O)([O-])[O-].CC(C)(C)P(=O)([O-])[O-].CO.CO.CO.CO.O.O.[Cu+2].[Cu+2].[Cu+2].[Cu+2].[Cu+2].[Cu+2].[Cu+2].[Cu+2].[O-]c1ccccc1C=NCC([O-])CN=Cc1ccccc1[O-].[O-]c1ccccc1C=NCC([O-])CN=Cc1ccccc1[O-].[O-]c1ccccc1C=NCC([O-])CN=Cc1ccccc1[O-].[O-]c1ccccc1C=NCC([O-])CN=Cc1ccccc1[O-].c1ccccc1. The summed E-state index contributed by atoms with van der Waals surface area (Å²) < 4.78 is 20.2. The molecule has 9 aromatic rings. The molecule has 9 aromatic carbocycles. The molecule has 0 unspecified atom stereocenters. The molecule has 32 nitrogen and oxygen atoms in total. The van der Waals surface area contributed by atoms with Gasteiger partial charge in [-0.3, -0.25) is 39.9 Å². The van der Waals surface area contributed by atoms with Crippen molar-refractivity contribution in [2.75, 3.05) is 80.8 Å². The smallest absolute Gasteiger partial charge is 0.872 e. The van der Waals surface area contributed by atoms with Gasteiger partial charge in [0.15, 0.2) is 0 Å². The number of para-hydroxylation sites is 8. The van der Waals surface area contributed by atoms with E-state index in [9.17, 15) is 90.0 Å². The van der Waals surface area contributed by atoms with Crippen molar-refractivity contribution in [3.63, 3.8) is 0 Å². The van der Waals surface area contributed by atoms with Gasteiger partial charge in [0.25, 0.3) is 0 Å². The third-order valence-electron chi connectivity index (χ3n) is 14.0. The van der Waals surface area contributed by atoms with Gasteiger partial charge in [-0.05, 0) is 54.8 Å². The second-order valence-electron chi connectivity index (χ2n) is 25.2. The number of hydrogen-bond donors (Lipinski definition) is 4. The summed E-state index contributed by atoms with van der Waals surface area (Å²) in [7, 11) is -4.70. The van der Waals surface area contributed by atoms with E-state index in [0.29, 0.717) is 44.5 Å². The van der Waals surface area contributed by atoms with Crippen molar-refractivity contribution in [3.05, 3.63) is 275 Å². The van der Waals surface area contributed by atoms with Gasteiger partial charge in [0, 0.05) is 131 Å². The number of aliphatic hydroxyl groups is 4. The second kappa shape index (κ2) is 87.8. The van der Waals surface area contributed by atoms with Crippen molar-refractivity contribution in [2.24, 2.45) is 39.9 Å². The fraction of sp³-hybridized carbons (Fsp3) is 0.279. The topological polar surface area (TPSA) is 646 Å². The molecule has 0 bridgehead atoms. The van der Waals surface area contributed by atoms with Crippen molar-refractivity contribution < 1.29 is 258 Å². The number of aliphatic hydroxyl groups excluding tert-OH is 4. The molecule has 128 heavy (non-hydrogen) atoms. The first kappa shape index (κ1) is 146. The molecule has 42 heteroatoms. The van der Waals surface area contributed by atoms with Gasteiger partial charge in [0.05, 0.1) is 0 Å². The minimum Gasteiger partial charge on any atom is -0.872 e. The Labute approximate surface area is 833 Å². The van der Waals surface area contributed by atoms with Crippen LogP contribution in [0.2, 0.25) is 0 Å². The Hall–Kier alpha value is -7.20. The van der Waals surface area contributed by atoms with Gasteiger partial charge in [0.1, 0.15) is 0 Å². The minimum absolute atomic E-state index is 0. The number of nitrogens with zero attached hydrogens (tertiary/aromatic N) is 8. The van der Waals surface area contributed by atoms with Crippen LogP contribution in [0, 0.1) is 0 Å². The molecule has 8 radical (unpaired) electrons. The summed E-state index contributed by atoms with van der Waals surface area (Å²) >= 11 is 0. The molecule has 0 amide bonds. The monoisotopic (exact) mass is 2200 g/mol. The summed E-state index contributed by atoms with van der Waals surface area (Å²) in [5.41, 5.74) is 3.66. The molecule has 0 heterocycles. The van der Waals surface area contributed by atoms with Gasteiger partial charge in [-0.25, -0.2) is 0 Å². The molecular formula is C86H104Cu8N8O24P2. The maximum absolute atomic E-state index is 11.7. The molecule has 0 atom stereocenters. The maximum atomic E-state index is 11.7. The molecule has 0 aromatic heterocycles. The van der Waals surface area contributed by atoms with Crippen molar-refractivity contribution in [1.29, 1.82) is 0 Å². The molecular weight excluding hydrogens is 2100 g/mol. The Bertz CT molecular complexity index is 3780. The van der Waals surface area contributed by atoms with E-state index in [1.54, 1.807) is 146 Å². The predicted molar refractivity (Wildman–Crippen MR) is 443 cm³/mol. The van der Waals surface area contributed by atoms with Crippen LogP contribution in [0.3, 0.4) is 0 Å². The number of aliphatic imine (C=N–C) groups is 8. The normalized spacial score (nSPS) is 11.2. The molecule has 9 rings (SSSR count). The molecule has 8 N–H and O–H groups in total. The second-order valence-corrected chi connectivity index (χ2v) is 29.9. The summed E-state index contributed by atoms with van der Waals surface area (Å²) in [4.78, 5) is 72.3. The first-order valence-corrected chi connectivity index (χ1v) is 38.8. The van der Waals surface area contributed by atoms with Crippen molar-refractivity contribution >= 4 is 64.9 Å². The van der Waals surface area contributed by atoms with E-state index in [1.807, 2.05) is 36.4 Å². The van der Waals surface area contributed by atoms with Gasteiger partial charge in [0.2, 0.25) is 0 Å². The molecule has 0 saturated heterocycles. The number of rotatable bonds is 24. The van der Waals surface area contributed by atoms with Crippen molar-refractivity contribution in [1.82, 2.24) is 0 Å². The first-order valence-electron chi connectivity index (χ1n) is 35.7. The fourth-order valence-electron chi connectivity index (χ4n) is 7.46. The zero-order valence-corrected chi connectivity index (χ0v) is 79.9. The zero-order valence-electron chi connectivity index (χ0n) is 70.5. The fourth-order valence-corrected chi connectivity index (χ4v) is 7.46. The van der Waals surface area contributed by atoms with Crippen LogP contribution in [0.25, 0.3) is 0 Å². The Morgan fingerprint density at radius 3 is 0.398 bits per heavy atom. The van der Waals surface area contributed by atoms with Gasteiger partial charge < -0.3 is 121 Å². The van der Waals surface area contributed by atoms with Gasteiger partial charge >= 0.3 is 137 Å². The average Bonchev–Trinajstić information content (AvgIpc) is 0.869. The van der Waals surface area contributed by atoms with E-state index in [-0.39, 0.29) is 246 Å². The van der Waals surface area contributed by atoms with Crippen LogP contribution in [0.1, 0.15) is 86.1 Å². The first-order chi connectivity index (χ1) is 56.2. The van der Waals surface area contributed by atoms with Crippen LogP contribution >= 0.6 is 15.2 Å². The molecule has 0 aliphatic heterocycles. The number of benzene rings is 9. The molecule has 0 saturated carbocycles. The predicted octanol–water partition coefficient (Wildman–Crippen LogP) is -1.75. The summed E-state index contributed by atoms with van der Waals surface area (Å²) in [5, 5.41) is 164. The van der Waals surface area contributed by atoms with E-state index in [2.05, 4.69) is 39.9 Å². The summed E-state index contributed by atoms with van der Waals surface area (Å²) in [6, 6.07) is 63.9. The Morgan fingerprint density at radius 2 is 0.320 bits per heavy atom. The minimum atomic E-state index is -4.35. The van der Waals surface area contributed by atoms with E-state index >= 15 is 0 Å². The van der Waals surface area contributed by atoms with Crippen LogP contribution in [0.5, 0.6) is 46.0 Å². The largest absolute Gasteiger partial charge is 2.00 e. The molecule has 0 aliphatic carbocycles. The van der Waals surface area contributed by atoms with Crippen molar-refractivity contribution in [3.8, 4) is 46.0 Å². The Balaban J connectivity index is -0.000000124. The van der Waals surface area contributed by atoms with Crippen LogP contribution in [-0.2, 0) is 146 Å². The van der Waals surface area contributed by atoms with Crippen LogP contribution in [0.4, 0.5) is 0 Å². The summed E-state index contributed by atoms with van der Waals surface area (Å²) in [6.45, 7) is 8.56. The van der Waals surface area contributed by atoms with Crippen LogP contribution in [-0.4, -0.2) is 197 Å². The van der Waals surface area contributed by atoms with Crippen LogP contribution < -0.4 is 80.9 Å². The quantitative estimate of drug-likeness (QED) is 0.0296. The third kappa shape index (κ3) is 70.6. The van der Waals surface area contributed by atoms with Crippen LogP contribution in [0.15, 0.2) is 270 Å². The maximum Gasteiger partial charge on any atom is 2.00 e. The summed E-state index contributed by atoms with van der Waals surface area (Å²) in [5.74, 6) is -1.01. The van der Waals surface area contributed by atoms with Gasteiger partial charge in [-0.15, -0.1) is 46.0 Å². The van der Waals surface area contributed by atoms with Gasteiger partial charge in [-0.2, -0.15) is 0 Å². The standard InChI is InChI=1S/4C17H17N2O3.C6H6.2C4H11O3P.4CH4O.8Cu.2H2O/c4*20-15(11-18-9-13-5-1-3-7-16(13)21)12-19-10-14-6-2-4-8-17(14)22;1-2-4-6-5-3-1;2*1-4(2,3)8(5,6)7;4*1-2;;;;;;;;;;/h4*1-10,15,21-22H,11-12H2;1-6H;2*1-3H3,(H2,5,6,7);4*2H,1H3;;;;;;;;;2*1H2/q4*-1;;;;;;;;8*+2;;/p-12. The molecule has 730 valence electrons. The Morgan fingerprint density at radius 1 is 0.234 bits per heavy atom. The third-order valence-corrected chi connectivity index (χ3v) is 17.3. The number of hydrogen-bond acceptors (Lipinski definition) is 30. The van der Waals surface area contributed by atoms with Gasteiger partial charge in [-0.1, -0.05) is 312 Å². The average molecular weight is 2200 g/mol. The molecule has 0 fully saturated rings. The van der Waals surface area contributed by atoms with E-state index in [1.165, 1.54) is 140 Å². The summed E-state index contributed by atoms with van der Waals surface area (Å²) in [6.07, 6.45) is 7.22. The van der Waals surface area contributed by atoms with Crippen molar-refractivity contribution in [2.45, 2.75) is 76.3 Å². The molecule has 0 aliphatic rings. The van der Waals surface area contributed by atoms with E-state index in [4.69, 9.17) is 20.4 Å². The zero-order chi connectivity index (χ0) is 89.4.